The molecular weight excluding hydrogens is 398 g/mol. The van der Waals surface area contributed by atoms with Crippen LogP contribution < -0.4 is 9.47 Å². The van der Waals surface area contributed by atoms with Gasteiger partial charge in [0.2, 0.25) is 5.91 Å². The fourth-order valence-corrected chi connectivity index (χ4v) is 5.34. The number of benzene rings is 1. The smallest absolute Gasteiger partial charge is 0.226 e. The van der Waals surface area contributed by atoms with E-state index in [0.29, 0.717) is 5.91 Å². The highest BCUT2D eigenvalue weighted by molar-refractivity contribution is 7.09. The van der Waals surface area contributed by atoms with Gasteiger partial charge >= 0.3 is 0 Å². The molecule has 0 radical (unpaired) electrons. The third-order valence-corrected chi connectivity index (χ3v) is 7.14. The first-order chi connectivity index (χ1) is 14.6. The van der Waals surface area contributed by atoms with Crippen molar-refractivity contribution in [1.82, 2.24) is 14.8 Å². The summed E-state index contributed by atoms with van der Waals surface area (Å²) in [6.07, 6.45) is 3.83. The fourth-order valence-electron chi connectivity index (χ4n) is 4.74. The van der Waals surface area contributed by atoms with Gasteiger partial charge in [0.1, 0.15) is 11.5 Å². The second kappa shape index (κ2) is 9.35. The van der Waals surface area contributed by atoms with Crippen LogP contribution in [0.4, 0.5) is 0 Å². The van der Waals surface area contributed by atoms with Gasteiger partial charge in [-0.1, -0.05) is 0 Å². The number of aryl methyl sites for hydroxylation is 1. The average Bonchev–Trinajstić information content (AvgIpc) is 3.42. The summed E-state index contributed by atoms with van der Waals surface area (Å²) in [6.45, 7) is 5.66. The molecule has 2 aromatic rings. The van der Waals surface area contributed by atoms with E-state index in [1.165, 1.54) is 0 Å². The summed E-state index contributed by atoms with van der Waals surface area (Å²) < 4.78 is 11.0. The van der Waals surface area contributed by atoms with E-state index in [2.05, 4.69) is 20.2 Å². The molecule has 3 heterocycles. The maximum absolute atomic E-state index is 13.4. The van der Waals surface area contributed by atoms with Crippen molar-refractivity contribution < 1.29 is 14.3 Å². The van der Waals surface area contributed by atoms with Gasteiger partial charge in [0.25, 0.3) is 0 Å². The molecule has 0 saturated carbocycles. The third-order valence-electron chi connectivity index (χ3n) is 6.32. The van der Waals surface area contributed by atoms with Gasteiger partial charge in [-0.3, -0.25) is 9.69 Å². The van der Waals surface area contributed by atoms with Crippen molar-refractivity contribution in [3.8, 4) is 11.5 Å². The Balaban J connectivity index is 1.41. The van der Waals surface area contributed by atoms with Crippen molar-refractivity contribution >= 4 is 17.2 Å². The molecule has 1 aromatic carbocycles. The van der Waals surface area contributed by atoms with Crippen LogP contribution in [0.25, 0.3) is 0 Å². The number of likely N-dealkylation sites (tertiary alicyclic amines) is 2. The minimum atomic E-state index is 0.0681. The molecule has 0 N–H and O–H groups in total. The van der Waals surface area contributed by atoms with Crippen LogP contribution in [0.1, 0.15) is 48.0 Å². The van der Waals surface area contributed by atoms with Gasteiger partial charge < -0.3 is 14.4 Å². The zero-order valence-electron chi connectivity index (χ0n) is 18.1. The Bertz CT molecular complexity index is 876. The number of carbonyl (C=O) groups is 1. The summed E-state index contributed by atoms with van der Waals surface area (Å²) in [7, 11) is 3.36. The molecule has 1 aromatic heterocycles. The molecule has 0 aliphatic carbocycles. The van der Waals surface area contributed by atoms with Gasteiger partial charge in [0.15, 0.2) is 0 Å². The number of nitrogens with zero attached hydrogens (tertiary/aromatic N) is 3. The molecule has 1 unspecified atom stereocenters. The molecule has 7 heteroatoms. The molecule has 2 fully saturated rings. The Labute approximate surface area is 182 Å². The standard InChI is InChI=1S/C23H31N3O3S/c1-16-24-18(15-30-16)14-25-11-8-17(9-12-25)23(27)26-10-4-5-21(26)20-13-19(28-2)6-7-22(20)29-3/h6-7,13,15,17,21H,4-5,8-12,14H2,1-3H3. The Kier molecular flexibility index (Phi) is 6.58. The molecule has 2 saturated heterocycles. The number of aromatic nitrogens is 1. The first-order valence-electron chi connectivity index (χ1n) is 10.7. The lowest BCUT2D eigenvalue weighted by Crippen LogP contribution is -2.42. The second-order valence-electron chi connectivity index (χ2n) is 8.21. The van der Waals surface area contributed by atoms with E-state index in [1.807, 2.05) is 25.1 Å². The maximum atomic E-state index is 13.4. The number of thiazole rings is 1. The maximum Gasteiger partial charge on any atom is 0.226 e. The molecule has 0 bridgehead atoms. The van der Waals surface area contributed by atoms with Crippen molar-refractivity contribution in [2.75, 3.05) is 33.9 Å². The molecule has 6 nitrogen and oxygen atoms in total. The fraction of sp³-hybridized carbons (Fsp3) is 0.565. The average molecular weight is 430 g/mol. The topological polar surface area (TPSA) is 54.9 Å². The SMILES string of the molecule is COc1ccc(OC)c(C2CCCN2C(=O)C2CCN(Cc3csc(C)n3)CC2)c1. The molecule has 162 valence electrons. The number of amides is 1. The van der Waals surface area contributed by atoms with E-state index >= 15 is 0 Å². The van der Waals surface area contributed by atoms with Gasteiger partial charge in [-0.25, -0.2) is 4.98 Å². The lowest BCUT2D eigenvalue weighted by atomic mass is 9.94. The number of methoxy groups -OCH3 is 2. The Hall–Kier alpha value is -2.12. The van der Waals surface area contributed by atoms with E-state index in [1.54, 1.807) is 25.6 Å². The number of piperidine rings is 1. The summed E-state index contributed by atoms with van der Waals surface area (Å²) in [5.41, 5.74) is 2.20. The highest BCUT2D eigenvalue weighted by Gasteiger charge is 2.36. The molecule has 1 amide bonds. The molecule has 2 aliphatic rings. The predicted molar refractivity (Wildman–Crippen MR) is 118 cm³/mol. The normalized spacial score (nSPS) is 20.5. The van der Waals surface area contributed by atoms with Crippen LogP contribution in [-0.2, 0) is 11.3 Å². The Morgan fingerprint density at radius 2 is 1.97 bits per heavy atom. The number of hydrogen-bond acceptors (Lipinski definition) is 6. The van der Waals surface area contributed by atoms with Gasteiger partial charge in [-0.05, 0) is 63.9 Å². The summed E-state index contributed by atoms with van der Waals surface area (Å²) >= 11 is 1.70. The Morgan fingerprint density at radius 3 is 2.63 bits per heavy atom. The summed E-state index contributed by atoms with van der Waals surface area (Å²) in [6, 6.07) is 5.93. The summed E-state index contributed by atoms with van der Waals surface area (Å²) in [5, 5.41) is 3.26. The minimum Gasteiger partial charge on any atom is -0.497 e. The molecule has 4 rings (SSSR count). The van der Waals surface area contributed by atoms with Crippen molar-refractivity contribution in [2.45, 2.75) is 45.2 Å². The van der Waals surface area contributed by atoms with E-state index in [-0.39, 0.29) is 12.0 Å². The molecule has 30 heavy (non-hydrogen) atoms. The highest BCUT2D eigenvalue weighted by Crippen LogP contribution is 2.40. The van der Waals surface area contributed by atoms with Crippen LogP contribution in [0, 0.1) is 12.8 Å². The van der Waals surface area contributed by atoms with E-state index in [9.17, 15) is 4.79 Å². The van der Waals surface area contributed by atoms with Crippen LogP contribution in [0.2, 0.25) is 0 Å². The van der Waals surface area contributed by atoms with Crippen LogP contribution >= 0.6 is 11.3 Å². The van der Waals surface area contributed by atoms with Gasteiger partial charge in [-0.15, -0.1) is 11.3 Å². The van der Waals surface area contributed by atoms with Gasteiger partial charge in [-0.2, -0.15) is 0 Å². The second-order valence-corrected chi connectivity index (χ2v) is 9.27. The largest absolute Gasteiger partial charge is 0.497 e. The third kappa shape index (κ3) is 4.47. The predicted octanol–water partition coefficient (Wildman–Crippen LogP) is 4.04. The molecular formula is C23H31N3O3S. The minimum absolute atomic E-state index is 0.0681. The molecule has 1 atom stereocenters. The van der Waals surface area contributed by atoms with Crippen molar-refractivity contribution in [3.63, 3.8) is 0 Å². The number of ether oxygens (including phenoxy) is 2. The van der Waals surface area contributed by atoms with Crippen molar-refractivity contribution in [2.24, 2.45) is 5.92 Å². The van der Waals surface area contributed by atoms with Crippen molar-refractivity contribution in [1.29, 1.82) is 0 Å². The summed E-state index contributed by atoms with van der Waals surface area (Å²) in [5.74, 6) is 2.03. The molecule has 0 spiro atoms. The Morgan fingerprint density at radius 1 is 1.17 bits per heavy atom. The summed E-state index contributed by atoms with van der Waals surface area (Å²) in [4.78, 5) is 22.5. The number of carbonyl (C=O) groups excluding carboxylic acids is 1. The molecule has 2 aliphatic heterocycles. The zero-order valence-corrected chi connectivity index (χ0v) is 18.9. The lowest BCUT2D eigenvalue weighted by molar-refractivity contribution is -0.138. The van der Waals surface area contributed by atoms with Crippen LogP contribution in [0.3, 0.4) is 0 Å². The first-order valence-corrected chi connectivity index (χ1v) is 11.6. The zero-order chi connectivity index (χ0) is 21.1. The van der Waals surface area contributed by atoms with Crippen molar-refractivity contribution in [3.05, 3.63) is 39.8 Å². The number of rotatable bonds is 6. The van der Waals surface area contributed by atoms with E-state index < -0.39 is 0 Å². The van der Waals surface area contributed by atoms with E-state index in [0.717, 1.165) is 79.6 Å². The van der Waals surface area contributed by atoms with Gasteiger partial charge in [0, 0.05) is 30.0 Å². The monoisotopic (exact) mass is 429 g/mol. The van der Waals surface area contributed by atoms with Gasteiger partial charge in [0.05, 0.1) is 31.0 Å². The van der Waals surface area contributed by atoms with E-state index in [4.69, 9.17) is 9.47 Å². The quantitative estimate of drug-likeness (QED) is 0.694. The lowest BCUT2D eigenvalue weighted by Gasteiger charge is -2.35. The van der Waals surface area contributed by atoms with Crippen LogP contribution in [0.5, 0.6) is 11.5 Å². The van der Waals surface area contributed by atoms with Crippen LogP contribution in [-0.4, -0.2) is 54.5 Å². The number of hydrogen-bond donors (Lipinski definition) is 0. The highest BCUT2D eigenvalue weighted by atomic mass is 32.1. The first kappa shape index (κ1) is 21.1. The van der Waals surface area contributed by atoms with Crippen LogP contribution in [0.15, 0.2) is 23.6 Å².